The highest BCUT2D eigenvalue weighted by atomic mass is 32.2. The van der Waals surface area contributed by atoms with Crippen LogP contribution < -0.4 is 0 Å². The van der Waals surface area contributed by atoms with Crippen molar-refractivity contribution < 1.29 is 14.3 Å². The van der Waals surface area contributed by atoms with Gasteiger partial charge in [-0.25, -0.2) is 0 Å². The second-order valence-corrected chi connectivity index (χ2v) is 6.56. The number of ketones is 2. The van der Waals surface area contributed by atoms with Crippen LogP contribution in [0.3, 0.4) is 0 Å². The van der Waals surface area contributed by atoms with E-state index in [4.69, 9.17) is 4.74 Å². The topological polar surface area (TPSA) is 46.6 Å². The summed E-state index contributed by atoms with van der Waals surface area (Å²) in [5.74, 6) is -0.106. The van der Waals surface area contributed by atoms with Gasteiger partial charge >= 0.3 is 0 Å². The monoisotopic (exact) mass is 317 g/mol. The summed E-state index contributed by atoms with van der Waals surface area (Å²) in [6.45, 7) is 5.24. The number of ether oxygens (including phenoxy) is 1. The van der Waals surface area contributed by atoms with Gasteiger partial charge in [-0.05, 0) is 20.1 Å². The molecule has 1 heterocycles. The minimum absolute atomic E-state index is 0.0411. The zero-order valence-corrected chi connectivity index (χ0v) is 13.8. The molecule has 1 fully saturated rings. The first-order chi connectivity index (χ1) is 10.5. The molecule has 0 aromatic heterocycles. The van der Waals surface area contributed by atoms with Gasteiger partial charge in [-0.3, -0.25) is 9.59 Å². The summed E-state index contributed by atoms with van der Waals surface area (Å²) < 4.78 is 5.74. The molecule has 1 saturated heterocycles. The van der Waals surface area contributed by atoms with Gasteiger partial charge < -0.3 is 9.64 Å². The number of carbonyl (C=O) groups is 2. The first-order valence-electron chi connectivity index (χ1n) is 7.40. The summed E-state index contributed by atoms with van der Waals surface area (Å²) in [4.78, 5) is 28.2. The molecule has 0 saturated carbocycles. The van der Waals surface area contributed by atoms with Crippen LogP contribution in [0.4, 0.5) is 0 Å². The average molecular weight is 317 g/mol. The number of morpholine rings is 1. The predicted octanol–water partition coefficient (Wildman–Crippen LogP) is 2.75. The normalized spacial score (nSPS) is 25.5. The minimum atomic E-state index is -0.0548. The van der Waals surface area contributed by atoms with E-state index in [-0.39, 0.29) is 23.8 Å². The number of benzene rings is 1. The first kappa shape index (κ1) is 15.3. The van der Waals surface area contributed by atoms with Crippen molar-refractivity contribution in [1.82, 2.24) is 4.90 Å². The first-order valence-corrected chi connectivity index (χ1v) is 8.62. The Morgan fingerprint density at radius 2 is 1.59 bits per heavy atom. The number of Topliss-reactive ketones (excluding diaryl/α,β-unsaturated/α-hetero) is 2. The molecule has 22 heavy (non-hydrogen) atoms. The molecule has 116 valence electrons. The molecule has 0 bridgehead atoms. The maximum absolute atomic E-state index is 12.9. The fourth-order valence-electron chi connectivity index (χ4n) is 3.18. The van der Waals surface area contributed by atoms with Crippen LogP contribution in [0.5, 0.6) is 0 Å². The van der Waals surface area contributed by atoms with Crippen LogP contribution in [0, 0.1) is 0 Å². The molecule has 3 rings (SSSR count). The highest BCUT2D eigenvalue weighted by Gasteiger charge is 2.37. The molecule has 1 aromatic carbocycles. The van der Waals surface area contributed by atoms with Crippen molar-refractivity contribution in [2.24, 2.45) is 0 Å². The summed E-state index contributed by atoms with van der Waals surface area (Å²) >= 11 is 1.35. The van der Waals surface area contributed by atoms with Crippen molar-refractivity contribution in [2.45, 2.75) is 26.1 Å². The van der Waals surface area contributed by atoms with Gasteiger partial charge in [0, 0.05) is 24.2 Å². The lowest BCUT2D eigenvalue weighted by atomic mass is 9.91. The number of hydrogen-bond acceptors (Lipinski definition) is 5. The van der Waals surface area contributed by atoms with E-state index in [2.05, 4.69) is 0 Å². The Labute approximate surface area is 134 Å². The average Bonchev–Trinajstić information content (AvgIpc) is 2.49. The van der Waals surface area contributed by atoms with Crippen LogP contribution >= 0.6 is 11.8 Å². The smallest absolute Gasteiger partial charge is 0.211 e. The molecule has 1 aliphatic heterocycles. The van der Waals surface area contributed by atoms with E-state index in [1.807, 2.05) is 25.0 Å². The molecule has 0 N–H and O–H groups in total. The molecule has 4 nitrogen and oxygen atoms in total. The molecule has 0 amide bonds. The number of rotatable bonds is 2. The van der Waals surface area contributed by atoms with Crippen molar-refractivity contribution in [3.63, 3.8) is 0 Å². The zero-order valence-electron chi connectivity index (χ0n) is 13.0. The third kappa shape index (κ3) is 2.48. The summed E-state index contributed by atoms with van der Waals surface area (Å²) in [5.41, 5.74) is 1.56. The Kier molecular flexibility index (Phi) is 4.10. The Bertz CT molecular complexity index is 658. The molecule has 1 aliphatic carbocycles. The Balaban J connectivity index is 2.08. The molecule has 2 unspecified atom stereocenters. The Hall–Kier alpha value is -1.59. The Morgan fingerprint density at radius 1 is 1.05 bits per heavy atom. The fraction of sp³-hybridized carbons (Fsp3) is 0.412. The van der Waals surface area contributed by atoms with Gasteiger partial charge in [0.05, 0.1) is 17.1 Å². The molecule has 1 aromatic rings. The lowest BCUT2D eigenvalue weighted by molar-refractivity contribution is -0.0572. The van der Waals surface area contributed by atoms with Gasteiger partial charge in [0.2, 0.25) is 11.6 Å². The lowest BCUT2D eigenvalue weighted by Gasteiger charge is -2.39. The molecule has 0 radical (unpaired) electrons. The van der Waals surface area contributed by atoms with E-state index in [1.165, 1.54) is 11.8 Å². The number of hydrogen-bond donors (Lipinski definition) is 0. The molecular formula is C17H19NO3S. The van der Waals surface area contributed by atoms with Crippen LogP contribution in [0.2, 0.25) is 0 Å². The van der Waals surface area contributed by atoms with Crippen LogP contribution in [0.15, 0.2) is 34.9 Å². The second kappa shape index (κ2) is 5.89. The summed E-state index contributed by atoms with van der Waals surface area (Å²) in [5, 5.41) is 0. The summed E-state index contributed by atoms with van der Waals surface area (Å²) in [6, 6.07) is 7.06. The number of fused-ring (bicyclic) bond motifs is 1. The van der Waals surface area contributed by atoms with Crippen molar-refractivity contribution in [1.29, 1.82) is 0 Å². The SMILES string of the molecule is CSC1=C(N2CC(C)OC(C)C2)C(=O)c2ccccc2C1=O. The fourth-order valence-corrected chi connectivity index (χ4v) is 3.89. The molecular weight excluding hydrogens is 298 g/mol. The maximum atomic E-state index is 12.9. The molecule has 2 atom stereocenters. The minimum Gasteiger partial charge on any atom is -0.372 e. The number of nitrogens with zero attached hydrogens (tertiary/aromatic N) is 1. The summed E-state index contributed by atoms with van der Waals surface area (Å²) in [7, 11) is 0. The van der Waals surface area contributed by atoms with Crippen molar-refractivity contribution in [3.8, 4) is 0 Å². The lowest BCUT2D eigenvalue weighted by Crippen LogP contribution is -2.47. The molecule has 5 heteroatoms. The van der Waals surface area contributed by atoms with Gasteiger partial charge in [-0.15, -0.1) is 11.8 Å². The van der Waals surface area contributed by atoms with Gasteiger partial charge in [-0.2, -0.15) is 0 Å². The predicted molar refractivity (Wildman–Crippen MR) is 87.2 cm³/mol. The van der Waals surface area contributed by atoms with E-state index < -0.39 is 0 Å². The number of carbonyl (C=O) groups excluding carboxylic acids is 2. The van der Waals surface area contributed by atoms with Crippen LogP contribution in [0.25, 0.3) is 0 Å². The van der Waals surface area contributed by atoms with Crippen molar-refractivity contribution in [3.05, 3.63) is 46.0 Å². The maximum Gasteiger partial charge on any atom is 0.211 e. The van der Waals surface area contributed by atoms with E-state index in [0.717, 1.165) is 0 Å². The van der Waals surface area contributed by atoms with Crippen LogP contribution in [-0.4, -0.2) is 48.0 Å². The highest BCUT2D eigenvalue weighted by Crippen LogP contribution is 2.34. The van der Waals surface area contributed by atoms with E-state index in [0.29, 0.717) is 34.8 Å². The second-order valence-electron chi connectivity index (χ2n) is 5.75. The third-order valence-corrected chi connectivity index (χ3v) is 4.78. The zero-order chi connectivity index (χ0) is 15.9. The summed E-state index contributed by atoms with van der Waals surface area (Å²) in [6.07, 6.45) is 1.93. The number of allylic oxidation sites excluding steroid dienone is 2. The van der Waals surface area contributed by atoms with E-state index in [1.54, 1.807) is 24.3 Å². The highest BCUT2D eigenvalue weighted by molar-refractivity contribution is 8.03. The van der Waals surface area contributed by atoms with E-state index >= 15 is 0 Å². The van der Waals surface area contributed by atoms with Gasteiger partial charge in [0.25, 0.3) is 0 Å². The van der Waals surface area contributed by atoms with E-state index in [9.17, 15) is 9.59 Å². The quantitative estimate of drug-likeness (QED) is 0.839. The van der Waals surface area contributed by atoms with Crippen molar-refractivity contribution >= 4 is 23.3 Å². The van der Waals surface area contributed by atoms with Gasteiger partial charge in [-0.1, -0.05) is 24.3 Å². The largest absolute Gasteiger partial charge is 0.372 e. The molecule has 2 aliphatic rings. The van der Waals surface area contributed by atoms with Gasteiger partial charge in [0.1, 0.15) is 5.70 Å². The van der Waals surface area contributed by atoms with Crippen LogP contribution in [0.1, 0.15) is 34.6 Å². The van der Waals surface area contributed by atoms with Gasteiger partial charge in [0.15, 0.2) is 0 Å². The van der Waals surface area contributed by atoms with Crippen molar-refractivity contribution in [2.75, 3.05) is 19.3 Å². The standard InChI is InChI=1S/C17H19NO3S/c1-10-8-18(9-11(2)21-10)14-15(19)12-6-4-5-7-13(12)16(20)17(14)22-3/h4-7,10-11H,8-9H2,1-3H3. The Morgan fingerprint density at radius 3 is 2.14 bits per heavy atom. The third-order valence-electron chi connectivity index (χ3n) is 3.99. The molecule has 0 spiro atoms. The number of thioether (sulfide) groups is 1. The van der Waals surface area contributed by atoms with Crippen LogP contribution in [-0.2, 0) is 4.74 Å².